The molecule has 1 aromatic rings. The fourth-order valence-electron chi connectivity index (χ4n) is 1.99. The summed E-state index contributed by atoms with van der Waals surface area (Å²) in [7, 11) is 0. The van der Waals surface area contributed by atoms with Crippen LogP contribution in [-0.2, 0) is 4.74 Å². The maximum atomic E-state index is 10.6. The van der Waals surface area contributed by atoms with Crippen molar-refractivity contribution in [3.05, 3.63) is 27.9 Å². The number of rotatable bonds is 4. The van der Waals surface area contributed by atoms with Crippen molar-refractivity contribution in [2.75, 3.05) is 25.1 Å². The quantitative estimate of drug-likeness (QED) is 0.654. The van der Waals surface area contributed by atoms with E-state index in [1.54, 1.807) is 0 Å². The summed E-state index contributed by atoms with van der Waals surface area (Å²) in [4.78, 5) is 14.0. The van der Waals surface area contributed by atoms with Gasteiger partial charge in [-0.1, -0.05) is 0 Å². The third-order valence-electron chi connectivity index (χ3n) is 3.02. The van der Waals surface area contributed by atoms with Crippen molar-refractivity contribution in [2.45, 2.75) is 12.8 Å². The van der Waals surface area contributed by atoms with Gasteiger partial charge in [0, 0.05) is 19.2 Å². The summed E-state index contributed by atoms with van der Waals surface area (Å²) in [6.07, 6.45) is 3.26. The van der Waals surface area contributed by atoms with Gasteiger partial charge in [-0.2, -0.15) is 5.26 Å². The van der Waals surface area contributed by atoms with E-state index < -0.39 is 4.92 Å². The highest BCUT2D eigenvalue weighted by atomic mass is 16.6. The predicted molar refractivity (Wildman–Crippen MR) is 67.6 cm³/mol. The van der Waals surface area contributed by atoms with Gasteiger partial charge in [-0.15, -0.1) is 0 Å². The standard InChI is InChI=1S/C12H14N4O3/c13-5-10-4-11(16(17)18)7-15-12(10)14-6-9-2-1-3-19-8-9/h4,7,9H,1-3,6,8H2,(H,14,15). The van der Waals surface area contributed by atoms with Gasteiger partial charge in [0.1, 0.15) is 23.6 Å². The lowest BCUT2D eigenvalue weighted by Gasteiger charge is -2.22. The minimum absolute atomic E-state index is 0.178. The number of nitrogens with one attached hydrogen (secondary N) is 1. The molecule has 1 aliphatic heterocycles. The molecule has 0 spiro atoms. The second kappa shape index (κ2) is 6.11. The normalized spacial score (nSPS) is 18.6. The highest BCUT2D eigenvalue weighted by molar-refractivity contribution is 5.55. The highest BCUT2D eigenvalue weighted by Crippen LogP contribution is 2.20. The fourth-order valence-corrected chi connectivity index (χ4v) is 1.99. The number of nitrogens with zero attached hydrogens (tertiary/aromatic N) is 3. The Balaban J connectivity index is 2.03. The molecule has 7 nitrogen and oxygen atoms in total. The molecule has 19 heavy (non-hydrogen) atoms. The van der Waals surface area contributed by atoms with Gasteiger partial charge in [0.05, 0.1) is 11.5 Å². The van der Waals surface area contributed by atoms with E-state index in [-0.39, 0.29) is 11.3 Å². The van der Waals surface area contributed by atoms with Crippen LogP contribution in [0.1, 0.15) is 18.4 Å². The number of anilines is 1. The van der Waals surface area contributed by atoms with Crippen LogP contribution >= 0.6 is 0 Å². The summed E-state index contributed by atoms with van der Waals surface area (Å²) in [5.41, 5.74) is 0.00836. The molecular weight excluding hydrogens is 248 g/mol. The van der Waals surface area contributed by atoms with Crippen LogP contribution in [0.3, 0.4) is 0 Å². The Kier molecular flexibility index (Phi) is 4.26. The van der Waals surface area contributed by atoms with Crippen molar-refractivity contribution >= 4 is 11.5 Å². The molecule has 0 aromatic carbocycles. The van der Waals surface area contributed by atoms with Crippen LogP contribution in [0.4, 0.5) is 11.5 Å². The van der Waals surface area contributed by atoms with E-state index in [0.717, 1.165) is 25.6 Å². The summed E-state index contributed by atoms with van der Waals surface area (Å²) in [6.45, 7) is 2.15. The molecule has 1 atom stereocenters. The molecule has 7 heteroatoms. The van der Waals surface area contributed by atoms with Crippen LogP contribution in [0, 0.1) is 27.4 Å². The smallest absolute Gasteiger partial charge is 0.289 e. The van der Waals surface area contributed by atoms with Crippen molar-refractivity contribution in [3.63, 3.8) is 0 Å². The maximum Gasteiger partial charge on any atom is 0.289 e. The molecule has 1 unspecified atom stereocenters. The molecule has 0 aliphatic carbocycles. The Labute approximate surface area is 110 Å². The van der Waals surface area contributed by atoms with E-state index in [1.165, 1.54) is 6.07 Å². The molecule has 1 fully saturated rings. The molecule has 0 bridgehead atoms. The maximum absolute atomic E-state index is 10.6. The van der Waals surface area contributed by atoms with Gasteiger partial charge in [0.15, 0.2) is 0 Å². The zero-order valence-electron chi connectivity index (χ0n) is 10.3. The van der Waals surface area contributed by atoms with Crippen LogP contribution in [0.15, 0.2) is 12.3 Å². The van der Waals surface area contributed by atoms with Crippen LogP contribution in [-0.4, -0.2) is 29.7 Å². The Bertz CT molecular complexity index is 506. The van der Waals surface area contributed by atoms with Crippen molar-refractivity contribution < 1.29 is 9.66 Å². The predicted octanol–water partition coefficient (Wildman–Crippen LogP) is 1.70. The zero-order valence-corrected chi connectivity index (χ0v) is 10.3. The summed E-state index contributed by atoms with van der Waals surface area (Å²) in [5.74, 6) is 0.774. The first kappa shape index (κ1) is 13.2. The fraction of sp³-hybridized carbons (Fsp3) is 0.500. The van der Waals surface area contributed by atoms with Crippen molar-refractivity contribution in [1.29, 1.82) is 5.26 Å². The van der Waals surface area contributed by atoms with E-state index in [1.807, 2.05) is 6.07 Å². The van der Waals surface area contributed by atoms with Crippen LogP contribution in [0.2, 0.25) is 0 Å². The SMILES string of the molecule is N#Cc1cc([N+](=O)[O-])cnc1NCC1CCCOC1. The molecule has 0 saturated carbocycles. The number of aromatic nitrogens is 1. The van der Waals surface area contributed by atoms with Crippen LogP contribution in [0.25, 0.3) is 0 Å². The molecule has 0 radical (unpaired) electrons. The number of nitriles is 1. The first-order chi connectivity index (χ1) is 9.20. The van der Waals surface area contributed by atoms with Gasteiger partial charge in [-0.25, -0.2) is 4.98 Å². The molecule has 1 aromatic heterocycles. The van der Waals surface area contributed by atoms with E-state index >= 15 is 0 Å². The molecule has 0 amide bonds. The molecule has 2 rings (SSSR count). The third kappa shape index (κ3) is 3.39. The van der Waals surface area contributed by atoms with Gasteiger partial charge >= 0.3 is 0 Å². The Hall–Kier alpha value is -2.20. The molecule has 2 heterocycles. The number of hydrogen-bond acceptors (Lipinski definition) is 6. The van der Waals surface area contributed by atoms with Crippen LogP contribution < -0.4 is 5.32 Å². The Morgan fingerprint density at radius 3 is 3.16 bits per heavy atom. The van der Waals surface area contributed by atoms with Gasteiger partial charge in [-0.05, 0) is 18.8 Å². The molecule has 100 valence electrons. The average Bonchev–Trinajstić information content (AvgIpc) is 2.45. The highest BCUT2D eigenvalue weighted by Gasteiger charge is 2.16. The van der Waals surface area contributed by atoms with Gasteiger partial charge in [0.25, 0.3) is 5.69 Å². The minimum Gasteiger partial charge on any atom is -0.381 e. The van der Waals surface area contributed by atoms with E-state index in [4.69, 9.17) is 10.00 Å². The van der Waals surface area contributed by atoms with Crippen molar-refractivity contribution in [3.8, 4) is 6.07 Å². The molecule has 1 aliphatic rings. The lowest BCUT2D eigenvalue weighted by Crippen LogP contribution is -2.24. The van der Waals surface area contributed by atoms with Crippen LogP contribution in [0.5, 0.6) is 0 Å². The largest absolute Gasteiger partial charge is 0.381 e. The topological polar surface area (TPSA) is 101 Å². The van der Waals surface area contributed by atoms with E-state index in [9.17, 15) is 10.1 Å². The summed E-state index contributed by atoms with van der Waals surface area (Å²) in [5, 5.41) is 22.7. The lowest BCUT2D eigenvalue weighted by molar-refractivity contribution is -0.385. The van der Waals surface area contributed by atoms with Gasteiger partial charge in [0.2, 0.25) is 0 Å². The molecular formula is C12H14N4O3. The van der Waals surface area contributed by atoms with E-state index in [0.29, 0.717) is 24.9 Å². The van der Waals surface area contributed by atoms with Gasteiger partial charge in [-0.3, -0.25) is 10.1 Å². The second-order valence-corrected chi connectivity index (χ2v) is 4.42. The lowest BCUT2D eigenvalue weighted by atomic mass is 10.0. The number of pyridine rings is 1. The van der Waals surface area contributed by atoms with Gasteiger partial charge < -0.3 is 10.1 Å². The van der Waals surface area contributed by atoms with Crippen molar-refractivity contribution in [2.24, 2.45) is 5.92 Å². The second-order valence-electron chi connectivity index (χ2n) is 4.42. The number of ether oxygens (including phenoxy) is 1. The Morgan fingerprint density at radius 2 is 2.53 bits per heavy atom. The molecule has 1 saturated heterocycles. The number of nitro groups is 1. The van der Waals surface area contributed by atoms with E-state index in [2.05, 4.69) is 10.3 Å². The minimum atomic E-state index is -0.563. The number of hydrogen-bond donors (Lipinski definition) is 1. The first-order valence-electron chi connectivity index (χ1n) is 6.07. The summed E-state index contributed by atoms with van der Waals surface area (Å²) >= 11 is 0. The Morgan fingerprint density at radius 1 is 1.68 bits per heavy atom. The van der Waals surface area contributed by atoms with Crippen molar-refractivity contribution in [1.82, 2.24) is 4.98 Å². The average molecular weight is 262 g/mol. The summed E-state index contributed by atoms with van der Waals surface area (Å²) in [6, 6.07) is 3.15. The first-order valence-corrected chi connectivity index (χ1v) is 6.07. The zero-order chi connectivity index (χ0) is 13.7. The summed E-state index contributed by atoms with van der Waals surface area (Å²) < 4.78 is 5.36. The third-order valence-corrected chi connectivity index (χ3v) is 3.02. The molecule has 1 N–H and O–H groups in total. The monoisotopic (exact) mass is 262 g/mol.